The highest BCUT2D eigenvalue weighted by atomic mass is 16.2. The van der Waals surface area contributed by atoms with Crippen LogP contribution in [0, 0.1) is 12.8 Å². The Kier molecular flexibility index (Phi) is 6.43. The Hall–Kier alpha value is -2.76. The fraction of sp³-hybridized carbons (Fsp3) is 0.556. The lowest BCUT2D eigenvalue weighted by atomic mass is 9.88. The molecule has 2 aromatic rings. The molecule has 1 saturated carbocycles. The van der Waals surface area contributed by atoms with Gasteiger partial charge < -0.3 is 4.90 Å². The van der Waals surface area contributed by atoms with E-state index >= 15 is 0 Å². The molecular weight excluding hydrogens is 412 g/mol. The Bertz CT molecular complexity index is 1020. The van der Waals surface area contributed by atoms with Gasteiger partial charge >= 0.3 is 0 Å². The van der Waals surface area contributed by atoms with Gasteiger partial charge in [0.25, 0.3) is 0 Å². The smallest absolute Gasteiger partial charge is 0.228 e. The van der Waals surface area contributed by atoms with E-state index in [0.29, 0.717) is 25.2 Å². The normalized spacial score (nSPS) is 21.4. The van der Waals surface area contributed by atoms with E-state index in [1.807, 2.05) is 34.9 Å². The average molecular weight is 447 g/mol. The molecule has 0 N–H and O–H groups in total. The molecule has 1 aromatic heterocycles. The fourth-order valence-electron chi connectivity index (χ4n) is 5.75. The first-order chi connectivity index (χ1) is 16.1. The molecule has 1 aliphatic carbocycles. The number of hydrogen-bond donors (Lipinski definition) is 0. The first kappa shape index (κ1) is 22.1. The number of carbonyl (C=O) groups is 2. The van der Waals surface area contributed by atoms with Crippen LogP contribution in [0.4, 0.5) is 5.82 Å². The summed E-state index contributed by atoms with van der Waals surface area (Å²) < 4.78 is 0. The number of likely N-dealkylation sites (tertiary alicyclic amines) is 1. The quantitative estimate of drug-likeness (QED) is 0.676. The second-order valence-corrected chi connectivity index (χ2v) is 9.77. The van der Waals surface area contributed by atoms with Crippen molar-refractivity contribution in [3.8, 4) is 0 Å². The molecule has 33 heavy (non-hydrogen) atoms. The van der Waals surface area contributed by atoms with E-state index < -0.39 is 0 Å². The summed E-state index contributed by atoms with van der Waals surface area (Å²) in [5.41, 5.74) is 3.24. The summed E-state index contributed by atoms with van der Waals surface area (Å²) in [7, 11) is 0. The highest BCUT2D eigenvalue weighted by molar-refractivity contribution is 5.95. The maximum absolute atomic E-state index is 13.3. The lowest BCUT2D eigenvalue weighted by Gasteiger charge is -2.32. The van der Waals surface area contributed by atoms with E-state index in [1.54, 1.807) is 0 Å². The van der Waals surface area contributed by atoms with Crippen LogP contribution in [-0.4, -0.2) is 39.8 Å². The maximum Gasteiger partial charge on any atom is 0.228 e. The van der Waals surface area contributed by atoms with Crippen molar-refractivity contribution >= 4 is 17.6 Å². The predicted octanol–water partition coefficient (Wildman–Crippen LogP) is 4.55. The Morgan fingerprint density at radius 2 is 1.79 bits per heavy atom. The van der Waals surface area contributed by atoms with E-state index in [2.05, 4.69) is 12.1 Å². The first-order valence-corrected chi connectivity index (χ1v) is 12.6. The third-order valence-electron chi connectivity index (χ3n) is 7.61. The largest absolute Gasteiger partial charge is 0.332 e. The van der Waals surface area contributed by atoms with Crippen LogP contribution in [0.25, 0.3) is 0 Å². The Balaban J connectivity index is 1.41. The van der Waals surface area contributed by atoms with Gasteiger partial charge in [0.2, 0.25) is 11.8 Å². The zero-order chi connectivity index (χ0) is 22.8. The Morgan fingerprint density at radius 1 is 1.00 bits per heavy atom. The van der Waals surface area contributed by atoms with E-state index in [-0.39, 0.29) is 23.8 Å². The van der Waals surface area contributed by atoms with Crippen molar-refractivity contribution in [2.24, 2.45) is 5.92 Å². The van der Waals surface area contributed by atoms with Gasteiger partial charge in [-0.2, -0.15) is 0 Å². The third kappa shape index (κ3) is 4.53. The molecule has 5 rings (SSSR count). The lowest BCUT2D eigenvalue weighted by molar-refractivity contribution is -0.137. The van der Waals surface area contributed by atoms with Crippen molar-refractivity contribution in [3.63, 3.8) is 0 Å². The zero-order valence-electron chi connectivity index (χ0n) is 19.6. The van der Waals surface area contributed by atoms with Crippen LogP contribution in [0.5, 0.6) is 0 Å². The monoisotopic (exact) mass is 446 g/mol. The molecule has 6 nitrogen and oxygen atoms in total. The maximum atomic E-state index is 13.3. The second-order valence-electron chi connectivity index (χ2n) is 9.77. The summed E-state index contributed by atoms with van der Waals surface area (Å²) >= 11 is 0. The molecule has 1 saturated heterocycles. The first-order valence-electron chi connectivity index (χ1n) is 12.6. The molecule has 2 amide bonds. The van der Waals surface area contributed by atoms with Gasteiger partial charge in [0, 0.05) is 36.7 Å². The van der Waals surface area contributed by atoms with Crippen molar-refractivity contribution < 1.29 is 9.59 Å². The number of hydrogen-bond acceptors (Lipinski definition) is 4. The summed E-state index contributed by atoms with van der Waals surface area (Å²) in [6.07, 6.45) is 9.44. The minimum Gasteiger partial charge on any atom is -0.332 e. The van der Waals surface area contributed by atoms with Crippen molar-refractivity contribution in [1.29, 1.82) is 0 Å². The highest BCUT2D eigenvalue weighted by Gasteiger charge is 2.37. The van der Waals surface area contributed by atoms with Crippen molar-refractivity contribution in [1.82, 2.24) is 14.9 Å². The van der Waals surface area contributed by atoms with Crippen LogP contribution in [0.2, 0.25) is 0 Å². The van der Waals surface area contributed by atoms with Crippen LogP contribution in [0.1, 0.15) is 80.1 Å². The molecule has 0 spiro atoms. The Labute approximate surface area is 196 Å². The van der Waals surface area contributed by atoms with Crippen molar-refractivity contribution in [2.75, 3.05) is 18.0 Å². The fourth-order valence-corrected chi connectivity index (χ4v) is 5.75. The lowest BCUT2D eigenvalue weighted by Crippen LogP contribution is -2.40. The van der Waals surface area contributed by atoms with Crippen LogP contribution in [0.3, 0.4) is 0 Å². The summed E-state index contributed by atoms with van der Waals surface area (Å²) in [5, 5.41) is 0. The summed E-state index contributed by atoms with van der Waals surface area (Å²) in [6, 6.07) is 10.2. The molecule has 6 heteroatoms. The SMILES string of the molecule is Cc1nc([C@H]2CCCN2C(=O)C2CCCCC2)nc2c1CCC(=O)N2CCc1ccccc1. The molecule has 2 aliphatic heterocycles. The molecule has 1 atom stereocenters. The number of benzene rings is 1. The van der Waals surface area contributed by atoms with Gasteiger partial charge in [0.1, 0.15) is 5.82 Å². The molecule has 3 aliphatic rings. The number of amides is 2. The molecule has 2 fully saturated rings. The molecular formula is C27H34N4O2. The Morgan fingerprint density at radius 3 is 2.58 bits per heavy atom. The number of carbonyl (C=O) groups excluding carboxylic acids is 2. The zero-order valence-corrected chi connectivity index (χ0v) is 19.6. The van der Waals surface area contributed by atoms with E-state index in [9.17, 15) is 9.59 Å². The third-order valence-corrected chi connectivity index (χ3v) is 7.61. The van der Waals surface area contributed by atoms with Gasteiger partial charge in [-0.05, 0) is 51.0 Å². The van der Waals surface area contributed by atoms with Gasteiger partial charge in [-0.3, -0.25) is 14.5 Å². The van der Waals surface area contributed by atoms with Crippen LogP contribution in [0.15, 0.2) is 30.3 Å². The standard InChI is InChI=1S/C27H34N4O2/c1-19-22-14-15-24(32)31(18-16-20-9-4-2-5-10-20)26(22)29-25(28-19)23-13-8-17-30(23)27(33)21-11-6-3-7-12-21/h2,4-5,9-10,21,23H,3,6-8,11-18H2,1H3/t23-/m1/s1. The summed E-state index contributed by atoms with van der Waals surface area (Å²) in [4.78, 5) is 40.0. The topological polar surface area (TPSA) is 66.4 Å². The number of anilines is 1. The van der Waals surface area contributed by atoms with Gasteiger partial charge in [-0.15, -0.1) is 0 Å². The highest BCUT2D eigenvalue weighted by Crippen LogP contribution is 2.37. The number of rotatable bonds is 5. The number of aromatic nitrogens is 2. The van der Waals surface area contributed by atoms with E-state index in [0.717, 1.165) is 68.6 Å². The molecule has 0 radical (unpaired) electrons. The number of aryl methyl sites for hydroxylation is 1. The van der Waals surface area contributed by atoms with Crippen LogP contribution < -0.4 is 4.90 Å². The van der Waals surface area contributed by atoms with Crippen molar-refractivity contribution in [3.05, 3.63) is 53.0 Å². The van der Waals surface area contributed by atoms with Crippen LogP contribution >= 0.6 is 0 Å². The van der Waals surface area contributed by atoms with Crippen LogP contribution in [-0.2, 0) is 22.4 Å². The molecule has 174 valence electrons. The predicted molar refractivity (Wildman–Crippen MR) is 128 cm³/mol. The number of fused-ring (bicyclic) bond motifs is 1. The van der Waals surface area contributed by atoms with E-state index in [1.165, 1.54) is 12.0 Å². The molecule has 0 unspecified atom stereocenters. The molecule has 1 aromatic carbocycles. The number of nitrogens with zero attached hydrogens (tertiary/aromatic N) is 4. The summed E-state index contributed by atoms with van der Waals surface area (Å²) in [5.74, 6) is 2.05. The second kappa shape index (κ2) is 9.62. The minimum absolute atomic E-state index is 0.0728. The average Bonchev–Trinajstić information content (AvgIpc) is 3.34. The van der Waals surface area contributed by atoms with Gasteiger partial charge in [-0.25, -0.2) is 9.97 Å². The summed E-state index contributed by atoms with van der Waals surface area (Å²) in [6.45, 7) is 3.43. The van der Waals surface area contributed by atoms with Gasteiger partial charge in [0.05, 0.1) is 6.04 Å². The van der Waals surface area contributed by atoms with Crippen molar-refractivity contribution in [2.45, 2.75) is 77.2 Å². The van der Waals surface area contributed by atoms with Gasteiger partial charge in [0.15, 0.2) is 5.82 Å². The molecule has 0 bridgehead atoms. The van der Waals surface area contributed by atoms with E-state index in [4.69, 9.17) is 9.97 Å². The molecule has 3 heterocycles. The van der Waals surface area contributed by atoms with Gasteiger partial charge in [-0.1, -0.05) is 49.6 Å². The minimum atomic E-state index is -0.0728.